The summed E-state index contributed by atoms with van der Waals surface area (Å²) in [6.07, 6.45) is 1.96. The van der Waals surface area contributed by atoms with E-state index in [2.05, 4.69) is 115 Å². The molecule has 0 spiro atoms. The molecule has 0 aliphatic carbocycles. The Morgan fingerprint density at radius 3 is 1.72 bits per heavy atom. The van der Waals surface area contributed by atoms with Crippen LogP contribution >= 0.6 is 0 Å². The van der Waals surface area contributed by atoms with Crippen LogP contribution in [0.1, 0.15) is 0 Å². The smallest absolute Gasteiger partial charge is 0.123 e. The van der Waals surface area contributed by atoms with Gasteiger partial charge in [0.05, 0.1) is 5.52 Å². The number of rotatable bonds is 4. The van der Waals surface area contributed by atoms with Gasteiger partial charge in [0.2, 0.25) is 0 Å². The molecule has 1 nitrogen and oxygen atoms in total. The Labute approximate surface area is 226 Å². The first kappa shape index (κ1) is 23.1. The Morgan fingerprint density at radius 2 is 0.974 bits per heavy atom. The first-order chi connectivity index (χ1) is 19.2. The van der Waals surface area contributed by atoms with E-state index in [1.165, 1.54) is 34.0 Å². The van der Waals surface area contributed by atoms with Crippen molar-refractivity contribution < 1.29 is 4.39 Å². The second-order valence-electron chi connectivity index (χ2n) is 9.82. The summed E-state index contributed by atoms with van der Waals surface area (Å²) in [5.41, 5.74) is 9.97. The van der Waals surface area contributed by atoms with Crippen molar-refractivity contribution in [3.63, 3.8) is 0 Å². The van der Waals surface area contributed by atoms with Crippen molar-refractivity contribution in [2.24, 2.45) is 0 Å². The predicted molar refractivity (Wildman–Crippen MR) is 161 cm³/mol. The van der Waals surface area contributed by atoms with E-state index in [4.69, 9.17) is 4.98 Å². The average molecular weight is 502 g/mol. The van der Waals surface area contributed by atoms with Crippen molar-refractivity contribution in [1.29, 1.82) is 0 Å². The van der Waals surface area contributed by atoms with Crippen molar-refractivity contribution in [2.75, 3.05) is 0 Å². The van der Waals surface area contributed by atoms with E-state index in [1.807, 2.05) is 6.20 Å². The van der Waals surface area contributed by atoms with E-state index < -0.39 is 0 Å². The molecule has 7 aromatic rings. The van der Waals surface area contributed by atoms with Gasteiger partial charge in [0.25, 0.3) is 0 Å². The maximum Gasteiger partial charge on any atom is 0.123 e. The molecule has 0 saturated heterocycles. The molecule has 0 aliphatic rings. The van der Waals surface area contributed by atoms with Crippen LogP contribution in [0.3, 0.4) is 0 Å². The van der Waals surface area contributed by atoms with E-state index in [9.17, 15) is 4.39 Å². The number of benzene rings is 6. The molecule has 184 valence electrons. The number of hydrogen-bond donors (Lipinski definition) is 0. The van der Waals surface area contributed by atoms with Gasteiger partial charge in [-0.1, -0.05) is 115 Å². The molecule has 0 N–H and O–H groups in total. The van der Waals surface area contributed by atoms with Crippen LogP contribution in [0.4, 0.5) is 4.39 Å². The Morgan fingerprint density at radius 1 is 0.410 bits per heavy atom. The molecule has 0 bridgehead atoms. The summed E-state index contributed by atoms with van der Waals surface area (Å²) in [5.74, 6) is -0.222. The standard InChI is InChI=1S/C37H24FN/c38-34-20-18-26(19-21-34)25-8-10-27(11-9-25)31-16-17-32-22-33(24-39-37(32)23-31)28-12-14-30(15-13-28)36-7-3-5-29-4-1-2-6-35(29)36/h1-24H. The summed E-state index contributed by atoms with van der Waals surface area (Å²) < 4.78 is 13.3. The summed E-state index contributed by atoms with van der Waals surface area (Å²) in [6.45, 7) is 0. The second kappa shape index (κ2) is 9.66. The summed E-state index contributed by atoms with van der Waals surface area (Å²) in [4.78, 5) is 4.80. The Balaban J connectivity index is 1.15. The summed E-state index contributed by atoms with van der Waals surface area (Å²) in [6, 6.07) is 47.3. The van der Waals surface area contributed by atoms with Crippen LogP contribution in [0.2, 0.25) is 0 Å². The number of aromatic nitrogens is 1. The molecule has 0 fully saturated rings. The Hall–Kier alpha value is -5.08. The zero-order chi connectivity index (χ0) is 26.2. The fraction of sp³-hybridized carbons (Fsp3) is 0. The summed E-state index contributed by atoms with van der Waals surface area (Å²) >= 11 is 0. The first-order valence-corrected chi connectivity index (χ1v) is 13.1. The lowest BCUT2D eigenvalue weighted by atomic mass is 9.96. The lowest BCUT2D eigenvalue weighted by molar-refractivity contribution is 0.628. The molecule has 6 aromatic carbocycles. The van der Waals surface area contributed by atoms with Crippen LogP contribution in [0.15, 0.2) is 146 Å². The number of hydrogen-bond acceptors (Lipinski definition) is 1. The van der Waals surface area contributed by atoms with E-state index in [0.717, 1.165) is 44.3 Å². The van der Waals surface area contributed by atoms with Crippen LogP contribution in [0, 0.1) is 5.82 Å². The van der Waals surface area contributed by atoms with Gasteiger partial charge >= 0.3 is 0 Å². The van der Waals surface area contributed by atoms with Crippen LogP contribution in [-0.4, -0.2) is 4.98 Å². The minimum Gasteiger partial charge on any atom is -0.256 e. The highest BCUT2D eigenvalue weighted by atomic mass is 19.1. The highest BCUT2D eigenvalue weighted by Crippen LogP contribution is 2.32. The van der Waals surface area contributed by atoms with Gasteiger partial charge in [-0.3, -0.25) is 4.98 Å². The van der Waals surface area contributed by atoms with E-state index >= 15 is 0 Å². The van der Waals surface area contributed by atoms with Crippen LogP contribution < -0.4 is 0 Å². The largest absolute Gasteiger partial charge is 0.256 e. The number of halogens is 1. The second-order valence-corrected chi connectivity index (χ2v) is 9.82. The third kappa shape index (κ3) is 4.47. The molecule has 0 saturated carbocycles. The topological polar surface area (TPSA) is 12.9 Å². The maximum atomic E-state index is 13.3. The van der Waals surface area contributed by atoms with E-state index in [1.54, 1.807) is 12.1 Å². The zero-order valence-corrected chi connectivity index (χ0v) is 21.2. The van der Waals surface area contributed by atoms with Crippen molar-refractivity contribution in [3.05, 3.63) is 152 Å². The summed E-state index contributed by atoms with van der Waals surface area (Å²) in [5, 5.41) is 3.62. The molecule has 7 rings (SSSR count). The van der Waals surface area contributed by atoms with Crippen LogP contribution in [0.5, 0.6) is 0 Å². The van der Waals surface area contributed by atoms with Gasteiger partial charge < -0.3 is 0 Å². The molecular weight excluding hydrogens is 477 g/mol. The molecule has 0 atom stereocenters. The number of pyridine rings is 1. The van der Waals surface area contributed by atoms with Crippen molar-refractivity contribution in [2.45, 2.75) is 0 Å². The first-order valence-electron chi connectivity index (χ1n) is 13.1. The SMILES string of the molecule is Fc1ccc(-c2ccc(-c3ccc4cc(-c5ccc(-c6cccc7ccccc67)cc5)cnc4c3)cc2)cc1. The fourth-order valence-electron chi connectivity index (χ4n) is 5.28. The van der Waals surface area contributed by atoms with Gasteiger partial charge in [0, 0.05) is 17.1 Å². The fourth-order valence-corrected chi connectivity index (χ4v) is 5.28. The normalized spacial score (nSPS) is 11.2. The van der Waals surface area contributed by atoms with E-state index in [0.29, 0.717) is 0 Å². The molecular formula is C37H24FN. The minimum absolute atomic E-state index is 0.222. The lowest BCUT2D eigenvalue weighted by Gasteiger charge is -2.09. The van der Waals surface area contributed by atoms with Crippen molar-refractivity contribution in [1.82, 2.24) is 4.98 Å². The van der Waals surface area contributed by atoms with Crippen molar-refractivity contribution >= 4 is 21.7 Å². The highest BCUT2D eigenvalue weighted by Gasteiger charge is 2.07. The quantitative estimate of drug-likeness (QED) is 0.234. The molecule has 0 unspecified atom stereocenters. The third-order valence-electron chi connectivity index (χ3n) is 7.40. The molecule has 39 heavy (non-hydrogen) atoms. The summed E-state index contributed by atoms with van der Waals surface area (Å²) in [7, 11) is 0. The highest BCUT2D eigenvalue weighted by molar-refractivity contribution is 5.97. The monoisotopic (exact) mass is 501 g/mol. The Bertz CT molecular complexity index is 1930. The van der Waals surface area contributed by atoms with Gasteiger partial charge in [-0.15, -0.1) is 0 Å². The average Bonchev–Trinajstić information content (AvgIpc) is 3.01. The van der Waals surface area contributed by atoms with Gasteiger partial charge in [-0.2, -0.15) is 0 Å². The lowest BCUT2D eigenvalue weighted by Crippen LogP contribution is -1.86. The Kier molecular flexibility index (Phi) is 5.71. The molecule has 0 radical (unpaired) electrons. The zero-order valence-electron chi connectivity index (χ0n) is 21.2. The predicted octanol–water partition coefficient (Wildman–Crippen LogP) is 10.2. The molecule has 1 heterocycles. The number of nitrogens with zero attached hydrogens (tertiary/aromatic N) is 1. The van der Waals surface area contributed by atoms with Crippen molar-refractivity contribution in [3.8, 4) is 44.5 Å². The number of fused-ring (bicyclic) bond motifs is 2. The minimum atomic E-state index is -0.222. The van der Waals surface area contributed by atoms with Gasteiger partial charge in [0.1, 0.15) is 5.82 Å². The van der Waals surface area contributed by atoms with Gasteiger partial charge in [0.15, 0.2) is 0 Å². The van der Waals surface area contributed by atoms with Gasteiger partial charge in [-0.25, -0.2) is 4.39 Å². The van der Waals surface area contributed by atoms with Crippen LogP contribution in [0.25, 0.3) is 66.2 Å². The maximum absolute atomic E-state index is 13.3. The molecule has 2 heteroatoms. The van der Waals surface area contributed by atoms with Gasteiger partial charge in [-0.05, 0) is 74.0 Å². The molecule has 1 aromatic heterocycles. The molecule has 0 amide bonds. The van der Waals surface area contributed by atoms with E-state index in [-0.39, 0.29) is 5.82 Å². The molecule has 0 aliphatic heterocycles. The van der Waals surface area contributed by atoms with Crippen LogP contribution in [-0.2, 0) is 0 Å². The third-order valence-corrected chi connectivity index (χ3v) is 7.40.